The summed E-state index contributed by atoms with van der Waals surface area (Å²) in [6, 6.07) is 14.1. The van der Waals surface area contributed by atoms with Gasteiger partial charge in [0.2, 0.25) is 0 Å². The number of nitrogens with zero attached hydrogens (tertiary/aromatic N) is 1. The fourth-order valence-corrected chi connectivity index (χ4v) is 7.56. The van der Waals surface area contributed by atoms with Crippen LogP contribution < -0.4 is 4.74 Å². The van der Waals surface area contributed by atoms with Gasteiger partial charge in [-0.05, 0) is 78.8 Å². The average Bonchev–Trinajstić information content (AvgIpc) is 2.79. The molecule has 0 fully saturated rings. The molecule has 1 heterocycles. The van der Waals surface area contributed by atoms with Crippen molar-refractivity contribution in [1.82, 2.24) is 4.90 Å². The third-order valence-corrected chi connectivity index (χ3v) is 8.94. The molecular formula is C31H33Br2NO3. The summed E-state index contributed by atoms with van der Waals surface area (Å²) in [6.45, 7) is 9.07. The normalized spacial score (nSPS) is 21.2. The van der Waals surface area contributed by atoms with E-state index < -0.39 is 0 Å². The number of carbonyl (C=O) groups is 2. The van der Waals surface area contributed by atoms with Crippen molar-refractivity contribution in [3.05, 3.63) is 85.1 Å². The van der Waals surface area contributed by atoms with E-state index in [0.29, 0.717) is 25.2 Å². The van der Waals surface area contributed by atoms with E-state index in [9.17, 15) is 9.59 Å². The van der Waals surface area contributed by atoms with Gasteiger partial charge in [-0.15, -0.1) is 0 Å². The molecule has 0 aromatic heterocycles. The first-order valence-corrected chi connectivity index (χ1v) is 14.4. The first-order chi connectivity index (χ1) is 17.4. The number of hydrogen-bond donors (Lipinski definition) is 0. The van der Waals surface area contributed by atoms with Gasteiger partial charge in [0.15, 0.2) is 11.6 Å². The van der Waals surface area contributed by atoms with Crippen LogP contribution in [0.2, 0.25) is 0 Å². The van der Waals surface area contributed by atoms with Crippen molar-refractivity contribution >= 4 is 43.4 Å². The van der Waals surface area contributed by atoms with Crippen molar-refractivity contribution in [3.63, 3.8) is 0 Å². The van der Waals surface area contributed by atoms with Gasteiger partial charge >= 0.3 is 0 Å². The number of ketones is 2. The highest BCUT2D eigenvalue weighted by Crippen LogP contribution is 2.54. The zero-order chi connectivity index (χ0) is 26.7. The molecule has 0 amide bonds. The van der Waals surface area contributed by atoms with Crippen molar-refractivity contribution in [2.75, 3.05) is 7.05 Å². The molecular weight excluding hydrogens is 594 g/mol. The summed E-state index contributed by atoms with van der Waals surface area (Å²) in [5, 5.41) is 0. The predicted molar refractivity (Wildman–Crippen MR) is 153 cm³/mol. The Morgan fingerprint density at radius 2 is 1.32 bits per heavy atom. The third kappa shape index (κ3) is 4.99. The Bertz CT molecular complexity index is 1280. The van der Waals surface area contributed by atoms with Gasteiger partial charge in [0.05, 0.1) is 8.95 Å². The number of benzene rings is 2. The van der Waals surface area contributed by atoms with E-state index >= 15 is 0 Å². The van der Waals surface area contributed by atoms with Gasteiger partial charge in [0, 0.05) is 48.3 Å². The maximum absolute atomic E-state index is 13.7. The largest absolute Gasteiger partial charge is 0.487 e. The molecule has 2 aromatic carbocycles. The fourth-order valence-electron chi connectivity index (χ4n) is 6.11. The standard InChI is InChI=1S/C31H33Br2NO3/c1-30(2)13-22-27(24(35)15-30)26(28-23(34(22)5)14-31(3,4)16-25(28)36)19-11-20(32)29(21(33)12-19)37-17-18-9-7-6-8-10-18/h6-12,26H,13-17H2,1-5H3. The average molecular weight is 627 g/mol. The summed E-state index contributed by atoms with van der Waals surface area (Å²) in [7, 11) is 2.04. The molecule has 5 rings (SSSR count). The molecule has 6 heteroatoms. The monoisotopic (exact) mass is 625 g/mol. The third-order valence-electron chi connectivity index (χ3n) is 7.76. The lowest BCUT2D eigenvalue weighted by Crippen LogP contribution is -2.43. The first kappa shape index (κ1) is 26.4. The molecule has 0 saturated carbocycles. The summed E-state index contributed by atoms with van der Waals surface area (Å²) >= 11 is 7.45. The molecule has 0 saturated heterocycles. The van der Waals surface area contributed by atoms with E-state index in [1.165, 1.54) is 0 Å². The lowest BCUT2D eigenvalue weighted by Gasteiger charge is -2.48. The van der Waals surface area contributed by atoms with E-state index in [-0.39, 0.29) is 28.3 Å². The molecule has 0 bridgehead atoms. The van der Waals surface area contributed by atoms with Gasteiger partial charge in [-0.1, -0.05) is 58.0 Å². The SMILES string of the molecule is CN1C2=C(C(=O)CC(C)(C)C2)C(c2cc(Br)c(OCc3ccccc3)c(Br)c2)C2=C1CC(C)(C)CC2=O. The van der Waals surface area contributed by atoms with Crippen LogP contribution in [0.3, 0.4) is 0 Å². The smallest absolute Gasteiger partial charge is 0.162 e. The molecule has 0 unspecified atom stereocenters. The molecule has 37 heavy (non-hydrogen) atoms. The molecule has 4 nitrogen and oxygen atoms in total. The Hall–Kier alpha value is -2.18. The highest BCUT2D eigenvalue weighted by atomic mass is 79.9. The number of halogens is 2. The molecule has 0 radical (unpaired) electrons. The molecule has 194 valence electrons. The van der Waals surface area contributed by atoms with Crippen LogP contribution >= 0.6 is 31.9 Å². The van der Waals surface area contributed by atoms with Crippen LogP contribution in [0, 0.1) is 10.8 Å². The second-order valence-corrected chi connectivity index (χ2v) is 13.9. The van der Waals surface area contributed by atoms with Gasteiger partial charge in [0.25, 0.3) is 0 Å². The van der Waals surface area contributed by atoms with Crippen LogP contribution in [0.15, 0.2) is 74.0 Å². The van der Waals surface area contributed by atoms with Gasteiger partial charge in [-0.25, -0.2) is 0 Å². The van der Waals surface area contributed by atoms with Crippen LogP contribution in [-0.2, 0) is 16.2 Å². The number of rotatable bonds is 4. The molecule has 2 aromatic rings. The zero-order valence-corrected chi connectivity index (χ0v) is 25.3. The van der Waals surface area contributed by atoms with Gasteiger partial charge in [-0.3, -0.25) is 9.59 Å². The molecule has 2 aliphatic carbocycles. The Kier molecular flexibility index (Phi) is 6.81. The van der Waals surface area contributed by atoms with Crippen LogP contribution in [0.25, 0.3) is 0 Å². The fraction of sp³-hybridized carbons (Fsp3) is 0.419. The molecule has 0 atom stereocenters. The summed E-state index contributed by atoms with van der Waals surface area (Å²) in [5.74, 6) is 0.619. The maximum Gasteiger partial charge on any atom is 0.162 e. The van der Waals surface area contributed by atoms with Crippen molar-refractivity contribution in [3.8, 4) is 5.75 Å². The summed E-state index contributed by atoms with van der Waals surface area (Å²) in [5.41, 5.74) is 5.47. The van der Waals surface area contributed by atoms with Crippen molar-refractivity contribution in [2.24, 2.45) is 10.8 Å². The van der Waals surface area contributed by atoms with Crippen LogP contribution in [0.5, 0.6) is 5.75 Å². The Labute approximate surface area is 236 Å². The maximum atomic E-state index is 13.7. The number of hydrogen-bond acceptors (Lipinski definition) is 4. The van der Waals surface area contributed by atoms with Crippen molar-refractivity contribution < 1.29 is 14.3 Å². The molecule has 0 N–H and O–H groups in total. The topological polar surface area (TPSA) is 46.6 Å². The van der Waals surface area contributed by atoms with E-state index in [2.05, 4.69) is 64.5 Å². The minimum Gasteiger partial charge on any atom is -0.487 e. The predicted octanol–water partition coefficient (Wildman–Crippen LogP) is 8.11. The number of allylic oxidation sites excluding steroid dienone is 4. The van der Waals surface area contributed by atoms with Gasteiger partial charge < -0.3 is 9.64 Å². The van der Waals surface area contributed by atoms with Gasteiger partial charge in [0.1, 0.15) is 12.4 Å². The Morgan fingerprint density at radius 1 is 0.838 bits per heavy atom. The van der Waals surface area contributed by atoms with Crippen molar-refractivity contribution in [1.29, 1.82) is 0 Å². The second-order valence-electron chi connectivity index (χ2n) is 12.2. The minimum absolute atomic E-state index is 0.114. The lowest BCUT2D eigenvalue weighted by atomic mass is 9.64. The highest BCUT2D eigenvalue weighted by Gasteiger charge is 2.48. The molecule has 3 aliphatic rings. The summed E-state index contributed by atoms with van der Waals surface area (Å²) < 4.78 is 7.75. The highest BCUT2D eigenvalue weighted by molar-refractivity contribution is 9.11. The quantitative estimate of drug-likeness (QED) is 0.344. The van der Waals surface area contributed by atoms with Crippen LogP contribution in [0.4, 0.5) is 0 Å². The van der Waals surface area contributed by atoms with E-state index in [1.807, 2.05) is 49.5 Å². The van der Waals surface area contributed by atoms with E-state index in [0.717, 1.165) is 55.5 Å². The zero-order valence-electron chi connectivity index (χ0n) is 22.1. The summed E-state index contributed by atoms with van der Waals surface area (Å²) in [4.78, 5) is 29.6. The number of Topliss-reactive ketones (excluding diaryl/α,β-unsaturated/α-hetero) is 2. The van der Waals surface area contributed by atoms with Crippen LogP contribution in [-0.4, -0.2) is 23.5 Å². The van der Waals surface area contributed by atoms with E-state index in [4.69, 9.17) is 4.74 Å². The van der Waals surface area contributed by atoms with Crippen LogP contribution in [0.1, 0.15) is 70.4 Å². The second kappa shape index (κ2) is 9.53. The summed E-state index contributed by atoms with van der Waals surface area (Å²) in [6.07, 6.45) is 2.60. The number of carbonyl (C=O) groups excluding carboxylic acids is 2. The van der Waals surface area contributed by atoms with Crippen molar-refractivity contribution in [2.45, 2.75) is 65.9 Å². The minimum atomic E-state index is -0.371. The molecule has 0 spiro atoms. The lowest BCUT2D eigenvalue weighted by molar-refractivity contribution is -0.119. The Morgan fingerprint density at radius 3 is 1.81 bits per heavy atom. The van der Waals surface area contributed by atoms with Gasteiger partial charge in [-0.2, -0.15) is 0 Å². The number of ether oxygens (including phenoxy) is 1. The Balaban J connectivity index is 1.62. The van der Waals surface area contributed by atoms with E-state index in [1.54, 1.807) is 0 Å². The molecule has 1 aliphatic heterocycles. The first-order valence-electron chi connectivity index (χ1n) is 12.8.